The molecule has 26 heavy (non-hydrogen) atoms. The van der Waals surface area contributed by atoms with Gasteiger partial charge in [0.2, 0.25) is 0 Å². The Morgan fingerprint density at radius 1 is 1.00 bits per heavy atom. The highest BCUT2D eigenvalue weighted by molar-refractivity contribution is 7.19. The standard InChI is InChI=1S/C23H19NOS/c1-12-8-20(24-11-13(12)2)17-7-5-6-16-19-10-22-18(14(3)15(4)26-22)9-21(19)25-23(16)17/h5-11H,1-4H3/i1D3,2D3. The van der Waals surface area contributed by atoms with Crippen LogP contribution in [0.3, 0.4) is 0 Å². The molecule has 0 fully saturated rings. The zero-order valence-corrected chi connectivity index (χ0v) is 15.1. The smallest absolute Gasteiger partial charge is 0.144 e. The van der Waals surface area contributed by atoms with E-state index in [0.29, 0.717) is 16.8 Å². The van der Waals surface area contributed by atoms with Crippen LogP contribution in [-0.4, -0.2) is 4.98 Å². The van der Waals surface area contributed by atoms with Crippen LogP contribution in [0.15, 0.2) is 47.0 Å². The number of aryl methyl sites for hydroxylation is 4. The van der Waals surface area contributed by atoms with Gasteiger partial charge in [0, 0.05) is 40.3 Å². The molecule has 2 nitrogen and oxygen atoms in total. The molecule has 0 amide bonds. The third kappa shape index (κ3) is 2.14. The van der Waals surface area contributed by atoms with Crippen molar-refractivity contribution in [1.29, 1.82) is 0 Å². The van der Waals surface area contributed by atoms with E-state index in [1.807, 2.05) is 24.3 Å². The van der Waals surface area contributed by atoms with Crippen LogP contribution in [0.25, 0.3) is 43.3 Å². The Hall–Kier alpha value is -2.65. The topological polar surface area (TPSA) is 26.0 Å². The van der Waals surface area contributed by atoms with Crippen molar-refractivity contribution < 1.29 is 12.6 Å². The number of thiophene rings is 1. The van der Waals surface area contributed by atoms with E-state index in [1.165, 1.54) is 21.2 Å². The van der Waals surface area contributed by atoms with Gasteiger partial charge in [-0.25, -0.2) is 0 Å². The number of aromatic nitrogens is 1. The molecule has 128 valence electrons. The van der Waals surface area contributed by atoms with Crippen molar-refractivity contribution in [3.05, 3.63) is 64.2 Å². The van der Waals surface area contributed by atoms with E-state index in [9.17, 15) is 0 Å². The molecule has 0 spiro atoms. The predicted octanol–water partition coefficient (Wildman–Crippen LogP) is 7.10. The lowest BCUT2D eigenvalue weighted by atomic mass is 10.0. The minimum atomic E-state index is -2.58. The average Bonchev–Trinajstić information content (AvgIpc) is 3.21. The van der Waals surface area contributed by atoms with E-state index in [0.717, 1.165) is 27.9 Å². The fourth-order valence-electron chi connectivity index (χ4n) is 3.44. The summed E-state index contributed by atoms with van der Waals surface area (Å²) in [5.74, 6) is 0. The number of hydrogen-bond acceptors (Lipinski definition) is 3. The minimum Gasteiger partial charge on any atom is -0.455 e. The van der Waals surface area contributed by atoms with Crippen molar-refractivity contribution in [3.8, 4) is 11.3 Å². The first-order chi connectivity index (χ1) is 14.9. The monoisotopic (exact) mass is 363 g/mol. The molecule has 3 heteroatoms. The molecule has 0 unspecified atom stereocenters. The first kappa shape index (κ1) is 10.5. The number of rotatable bonds is 1. The van der Waals surface area contributed by atoms with E-state index < -0.39 is 13.7 Å². The maximum absolute atomic E-state index is 7.84. The van der Waals surface area contributed by atoms with Gasteiger partial charge in [-0.15, -0.1) is 11.3 Å². The zero-order chi connectivity index (χ0) is 23.0. The van der Waals surface area contributed by atoms with Gasteiger partial charge in [-0.2, -0.15) is 0 Å². The summed E-state index contributed by atoms with van der Waals surface area (Å²) in [5.41, 5.74) is 3.08. The molecule has 3 heterocycles. The molecular formula is C23H19NOS. The molecule has 0 N–H and O–H groups in total. The van der Waals surface area contributed by atoms with Gasteiger partial charge in [0.15, 0.2) is 0 Å². The first-order valence-corrected chi connectivity index (χ1v) is 9.13. The molecule has 0 saturated carbocycles. The Morgan fingerprint density at radius 2 is 1.88 bits per heavy atom. The Balaban J connectivity index is 1.78. The molecule has 0 atom stereocenters. The Morgan fingerprint density at radius 3 is 2.73 bits per heavy atom. The van der Waals surface area contributed by atoms with E-state index in [4.69, 9.17) is 12.6 Å². The van der Waals surface area contributed by atoms with E-state index in [1.54, 1.807) is 11.3 Å². The Labute approximate surface area is 164 Å². The summed E-state index contributed by atoms with van der Waals surface area (Å²) in [4.78, 5) is 5.58. The highest BCUT2D eigenvalue weighted by Gasteiger charge is 2.15. The maximum Gasteiger partial charge on any atom is 0.144 e. The fraction of sp³-hybridized carbons (Fsp3) is 0.174. The van der Waals surface area contributed by atoms with Crippen LogP contribution in [0.1, 0.15) is 29.8 Å². The minimum absolute atomic E-state index is 0.220. The molecule has 0 aliphatic rings. The van der Waals surface area contributed by atoms with Crippen molar-refractivity contribution in [2.75, 3.05) is 0 Å². The number of benzene rings is 2. The molecule has 0 saturated heterocycles. The number of para-hydroxylation sites is 1. The highest BCUT2D eigenvalue weighted by Crippen LogP contribution is 2.40. The van der Waals surface area contributed by atoms with E-state index >= 15 is 0 Å². The van der Waals surface area contributed by atoms with Crippen molar-refractivity contribution in [2.24, 2.45) is 0 Å². The van der Waals surface area contributed by atoms with Gasteiger partial charge in [0.25, 0.3) is 0 Å². The summed E-state index contributed by atoms with van der Waals surface area (Å²) in [5, 5.41) is 3.04. The maximum atomic E-state index is 7.84. The summed E-state index contributed by atoms with van der Waals surface area (Å²) >= 11 is 1.74. The van der Waals surface area contributed by atoms with Gasteiger partial charge in [-0.1, -0.05) is 12.1 Å². The lowest BCUT2D eigenvalue weighted by Gasteiger charge is -2.05. The summed E-state index contributed by atoms with van der Waals surface area (Å²) in [6, 6.07) is 11.2. The summed E-state index contributed by atoms with van der Waals surface area (Å²) in [7, 11) is 0. The zero-order valence-electron chi connectivity index (χ0n) is 20.3. The SMILES string of the molecule is [2H]C([2H])([2H])c1cnc(-c2cccc3c2oc2cc4c(C)c(C)sc4cc23)cc1C([2H])([2H])[2H]. The highest BCUT2D eigenvalue weighted by atomic mass is 32.1. The van der Waals surface area contributed by atoms with Crippen LogP contribution < -0.4 is 0 Å². The third-order valence-corrected chi connectivity index (χ3v) is 6.14. The molecule has 0 radical (unpaired) electrons. The fourth-order valence-corrected chi connectivity index (χ4v) is 4.53. The van der Waals surface area contributed by atoms with Gasteiger partial charge in [-0.05, 0) is 73.9 Å². The van der Waals surface area contributed by atoms with Crippen LogP contribution in [-0.2, 0) is 0 Å². The summed E-state index contributed by atoms with van der Waals surface area (Å²) in [6.07, 6.45) is 1.15. The molecule has 2 aromatic carbocycles. The van der Waals surface area contributed by atoms with Crippen molar-refractivity contribution in [3.63, 3.8) is 0 Å². The van der Waals surface area contributed by atoms with Crippen LogP contribution in [0, 0.1) is 27.6 Å². The number of furan rings is 1. The van der Waals surface area contributed by atoms with Gasteiger partial charge < -0.3 is 4.42 Å². The van der Waals surface area contributed by atoms with Crippen LogP contribution in [0.5, 0.6) is 0 Å². The second-order valence-corrected chi connectivity index (χ2v) is 7.78. The number of pyridine rings is 1. The van der Waals surface area contributed by atoms with Crippen molar-refractivity contribution in [1.82, 2.24) is 4.98 Å². The molecule has 5 aromatic rings. The molecule has 0 aliphatic carbocycles. The number of hydrogen-bond donors (Lipinski definition) is 0. The molecular weight excluding hydrogens is 338 g/mol. The lowest BCUT2D eigenvalue weighted by molar-refractivity contribution is 0.670. The van der Waals surface area contributed by atoms with Crippen LogP contribution in [0.2, 0.25) is 0 Å². The molecule has 0 aliphatic heterocycles. The first-order valence-electron chi connectivity index (χ1n) is 11.3. The predicted molar refractivity (Wildman–Crippen MR) is 111 cm³/mol. The van der Waals surface area contributed by atoms with Crippen LogP contribution >= 0.6 is 11.3 Å². The van der Waals surface area contributed by atoms with Gasteiger partial charge in [0.1, 0.15) is 11.2 Å². The average molecular weight is 364 g/mol. The van der Waals surface area contributed by atoms with Gasteiger partial charge in [-0.3, -0.25) is 4.98 Å². The number of nitrogens with zero attached hydrogens (tertiary/aromatic N) is 1. The molecule has 3 aromatic heterocycles. The van der Waals surface area contributed by atoms with Crippen molar-refractivity contribution in [2.45, 2.75) is 27.6 Å². The third-order valence-electron chi connectivity index (χ3n) is 4.97. The second-order valence-electron chi connectivity index (χ2n) is 6.53. The van der Waals surface area contributed by atoms with E-state index in [-0.39, 0.29) is 11.1 Å². The normalized spacial score (nSPS) is 16.2. The largest absolute Gasteiger partial charge is 0.455 e. The molecule has 0 bridgehead atoms. The van der Waals surface area contributed by atoms with Crippen molar-refractivity contribution >= 4 is 43.4 Å². The van der Waals surface area contributed by atoms with Gasteiger partial charge in [0.05, 0.1) is 5.69 Å². The van der Waals surface area contributed by atoms with E-state index in [2.05, 4.69) is 24.9 Å². The Bertz CT molecular complexity index is 1520. The summed E-state index contributed by atoms with van der Waals surface area (Å²) in [6.45, 7) is -0.943. The quantitative estimate of drug-likeness (QED) is 0.317. The Kier molecular flexibility index (Phi) is 2.19. The summed E-state index contributed by atoms with van der Waals surface area (Å²) < 4.78 is 54.0. The number of fused-ring (bicyclic) bond motifs is 4. The lowest BCUT2D eigenvalue weighted by Crippen LogP contribution is -1.88. The molecule has 5 rings (SSSR count). The van der Waals surface area contributed by atoms with Crippen LogP contribution in [0.4, 0.5) is 0 Å². The second kappa shape index (κ2) is 5.42. The van der Waals surface area contributed by atoms with Gasteiger partial charge >= 0.3 is 0 Å².